The number of ether oxygens (including phenoxy) is 3. The maximum absolute atomic E-state index is 12.8. The van der Waals surface area contributed by atoms with Crippen LogP contribution in [0.15, 0.2) is 60.8 Å². The zero-order chi connectivity index (χ0) is 49.9. The van der Waals surface area contributed by atoms with Gasteiger partial charge >= 0.3 is 25.7 Å². The average Bonchev–Trinajstić information content (AvgIpc) is 3.32. The molecule has 394 valence electrons. The monoisotopic (exact) mass is 979 g/mol. The van der Waals surface area contributed by atoms with E-state index in [2.05, 4.69) is 63.3 Å². The molecule has 0 radical (unpaired) electrons. The molecule has 0 aliphatic rings. The average molecular weight is 979 g/mol. The van der Waals surface area contributed by atoms with E-state index in [-0.39, 0.29) is 25.9 Å². The summed E-state index contributed by atoms with van der Waals surface area (Å²) in [5.74, 6) is -1.61. The van der Waals surface area contributed by atoms with Gasteiger partial charge in [0.25, 0.3) is 0 Å². The van der Waals surface area contributed by atoms with Crippen molar-refractivity contribution in [3.63, 3.8) is 0 Å². The Labute approximate surface area is 415 Å². The first kappa shape index (κ1) is 65.2. The van der Waals surface area contributed by atoms with Crippen LogP contribution in [0.1, 0.15) is 239 Å². The number of phosphoric acid groups is 1. The van der Waals surface area contributed by atoms with Gasteiger partial charge in [0.1, 0.15) is 12.7 Å². The number of phosphoric ester groups is 1. The van der Waals surface area contributed by atoms with Crippen LogP contribution in [0.5, 0.6) is 0 Å². The molecule has 0 aromatic rings. The molecule has 0 bridgehead atoms. The van der Waals surface area contributed by atoms with Gasteiger partial charge in [0.15, 0.2) is 6.10 Å². The molecule has 0 saturated carbocycles. The highest BCUT2D eigenvalue weighted by molar-refractivity contribution is 7.47. The molecule has 0 rings (SSSR count). The number of unbranched alkanes of at least 4 members (excludes halogenated alkanes) is 24. The van der Waals surface area contributed by atoms with Gasteiger partial charge in [0.2, 0.25) is 0 Å². The summed E-state index contributed by atoms with van der Waals surface area (Å²) < 4.78 is 39.3. The van der Waals surface area contributed by atoms with Crippen LogP contribution in [0.4, 0.5) is 0 Å². The van der Waals surface area contributed by atoms with Crippen molar-refractivity contribution in [2.75, 3.05) is 26.4 Å². The largest absolute Gasteiger partial charge is 0.472 e. The minimum atomic E-state index is -4.76. The summed E-state index contributed by atoms with van der Waals surface area (Å²) in [6, 6.07) is 0. The summed E-state index contributed by atoms with van der Waals surface area (Å²) in [6.07, 6.45) is 53.6. The van der Waals surface area contributed by atoms with E-state index in [9.17, 15) is 28.9 Å². The van der Waals surface area contributed by atoms with E-state index < -0.39 is 57.8 Å². The summed E-state index contributed by atoms with van der Waals surface area (Å²) in [7, 11) is -4.76. The van der Waals surface area contributed by atoms with Crippen molar-refractivity contribution in [1.29, 1.82) is 0 Å². The first-order valence-electron chi connectivity index (χ1n) is 27.2. The fourth-order valence-corrected chi connectivity index (χ4v) is 8.16. The van der Waals surface area contributed by atoms with Crippen molar-refractivity contribution < 1.29 is 52.2 Å². The van der Waals surface area contributed by atoms with Gasteiger partial charge in [-0.25, -0.2) is 4.57 Å². The van der Waals surface area contributed by atoms with Gasteiger partial charge in [0, 0.05) is 12.8 Å². The molecule has 0 fully saturated rings. The van der Waals surface area contributed by atoms with Crippen LogP contribution in [-0.4, -0.2) is 66.5 Å². The van der Waals surface area contributed by atoms with Gasteiger partial charge in [0.05, 0.1) is 26.2 Å². The quantitative estimate of drug-likeness (QED) is 0.0197. The zero-order valence-electron chi connectivity index (χ0n) is 43.3. The maximum atomic E-state index is 12.8. The SMILES string of the molecule is CC/C=C\C/C=C\C/C=C\C/C=C\C/C=C\CC(=O)OC(COC(=O)CCCCCCCCCCCCCCC)COP(=O)(O)OCC(CO)OC(=O)CCCCCCCCCCCCCCC. The molecule has 0 aliphatic carbocycles. The van der Waals surface area contributed by atoms with E-state index in [0.717, 1.165) is 64.2 Å². The van der Waals surface area contributed by atoms with Crippen molar-refractivity contribution in [2.45, 2.75) is 251 Å². The second kappa shape index (κ2) is 50.6. The smallest absolute Gasteiger partial charge is 0.462 e. The van der Waals surface area contributed by atoms with Crippen molar-refractivity contribution in [1.82, 2.24) is 0 Å². The van der Waals surface area contributed by atoms with Crippen molar-refractivity contribution >= 4 is 25.7 Å². The van der Waals surface area contributed by atoms with Crippen LogP contribution < -0.4 is 0 Å². The third kappa shape index (κ3) is 48.2. The molecular formula is C56H99O11P. The number of carbonyl (C=O) groups excluding carboxylic acids is 3. The molecule has 11 nitrogen and oxygen atoms in total. The Hall–Kier alpha value is -2.82. The molecule has 0 aromatic carbocycles. The molecule has 0 amide bonds. The first-order valence-corrected chi connectivity index (χ1v) is 28.7. The first-order chi connectivity index (χ1) is 33.2. The number of allylic oxidation sites excluding steroid dienone is 9. The second-order valence-corrected chi connectivity index (χ2v) is 19.5. The van der Waals surface area contributed by atoms with Crippen LogP contribution in [0, 0.1) is 0 Å². The molecule has 3 unspecified atom stereocenters. The molecule has 3 atom stereocenters. The predicted octanol–water partition coefficient (Wildman–Crippen LogP) is 15.6. The summed E-state index contributed by atoms with van der Waals surface area (Å²) in [5.41, 5.74) is 0. The van der Waals surface area contributed by atoms with Crippen LogP contribution in [-0.2, 0) is 42.2 Å². The molecule has 12 heteroatoms. The van der Waals surface area contributed by atoms with Crippen LogP contribution in [0.2, 0.25) is 0 Å². The molecule has 2 N–H and O–H groups in total. The maximum Gasteiger partial charge on any atom is 0.472 e. The van der Waals surface area contributed by atoms with E-state index in [1.165, 1.54) is 116 Å². The highest BCUT2D eigenvalue weighted by Gasteiger charge is 2.28. The lowest BCUT2D eigenvalue weighted by atomic mass is 10.0. The Kier molecular flexibility index (Phi) is 48.5. The third-order valence-electron chi connectivity index (χ3n) is 11.5. The highest BCUT2D eigenvalue weighted by Crippen LogP contribution is 2.43. The molecule has 0 spiro atoms. The van der Waals surface area contributed by atoms with E-state index in [4.69, 9.17) is 23.3 Å². The minimum absolute atomic E-state index is 0.0624. The summed E-state index contributed by atoms with van der Waals surface area (Å²) >= 11 is 0. The lowest BCUT2D eigenvalue weighted by Crippen LogP contribution is -2.30. The number of aliphatic hydroxyl groups excluding tert-OH is 1. The lowest BCUT2D eigenvalue weighted by molar-refractivity contribution is -0.160. The normalized spacial score (nSPS) is 13.9. The topological polar surface area (TPSA) is 155 Å². The second-order valence-electron chi connectivity index (χ2n) is 18.0. The van der Waals surface area contributed by atoms with Gasteiger partial charge in [-0.3, -0.25) is 23.4 Å². The summed E-state index contributed by atoms with van der Waals surface area (Å²) in [5, 5.41) is 9.78. The van der Waals surface area contributed by atoms with Crippen molar-refractivity contribution in [3.8, 4) is 0 Å². The molecule has 0 heterocycles. The van der Waals surface area contributed by atoms with Gasteiger partial charge in [-0.1, -0.05) is 236 Å². The van der Waals surface area contributed by atoms with Gasteiger partial charge < -0.3 is 24.2 Å². The van der Waals surface area contributed by atoms with Crippen molar-refractivity contribution in [3.05, 3.63) is 60.8 Å². The standard InChI is InChI=1S/C56H99O11P/c1-4-7-10-13-16-19-22-25-26-29-32-35-38-41-44-47-56(60)67-53(49-63-54(58)45-42-39-36-33-30-27-23-20-17-14-11-8-5-2)51-65-68(61,62)64-50-52(48-57)66-55(59)46-43-40-37-34-31-28-24-21-18-15-12-9-6-3/h7,10,16,19,25-26,32,35,41,44,52-53,57H,4-6,8-9,11-15,17-18,20-24,27-31,33-34,36-40,42-43,45-51H2,1-3H3,(H,61,62)/b10-7-,19-16-,26-25-,35-32-,44-41-. The van der Waals surface area contributed by atoms with E-state index >= 15 is 0 Å². The van der Waals surface area contributed by atoms with E-state index in [0.29, 0.717) is 19.3 Å². The third-order valence-corrected chi connectivity index (χ3v) is 12.4. The number of aliphatic hydroxyl groups is 1. The van der Waals surface area contributed by atoms with Gasteiger partial charge in [-0.05, 0) is 44.9 Å². The van der Waals surface area contributed by atoms with Crippen LogP contribution in [0.3, 0.4) is 0 Å². The highest BCUT2D eigenvalue weighted by atomic mass is 31.2. The molecule has 68 heavy (non-hydrogen) atoms. The Morgan fingerprint density at radius 2 is 0.765 bits per heavy atom. The molecule has 0 aromatic heterocycles. The Morgan fingerprint density at radius 3 is 1.16 bits per heavy atom. The van der Waals surface area contributed by atoms with Gasteiger partial charge in [-0.15, -0.1) is 0 Å². The lowest BCUT2D eigenvalue weighted by Gasteiger charge is -2.21. The van der Waals surface area contributed by atoms with Crippen LogP contribution >= 0.6 is 7.82 Å². The van der Waals surface area contributed by atoms with Crippen molar-refractivity contribution in [2.24, 2.45) is 0 Å². The molecular weight excluding hydrogens is 880 g/mol. The van der Waals surface area contributed by atoms with E-state index in [1.807, 2.05) is 12.2 Å². The predicted molar refractivity (Wildman–Crippen MR) is 279 cm³/mol. The Morgan fingerprint density at radius 1 is 0.426 bits per heavy atom. The Balaban J connectivity index is 4.82. The number of hydrogen-bond donors (Lipinski definition) is 2. The number of carbonyl (C=O) groups is 3. The number of hydrogen-bond acceptors (Lipinski definition) is 10. The fourth-order valence-electron chi connectivity index (χ4n) is 7.37. The summed E-state index contributed by atoms with van der Waals surface area (Å²) in [4.78, 5) is 48.3. The number of rotatable bonds is 50. The van der Waals surface area contributed by atoms with E-state index in [1.54, 1.807) is 6.08 Å². The summed E-state index contributed by atoms with van der Waals surface area (Å²) in [6.45, 7) is 4.43. The molecule has 0 saturated heterocycles. The molecule has 0 aliphatic heterocycles. The van der Waals surface area contributed by atoms with Crippen LogP contribution in [0.25, 0.3) is 0 Å². The zero-order valence-corrected chi connectivity index (χ0v) is 44.2. The number of esters is 3. The fraction of sp³-hybridized carbons (Fsp3) is 0.768. The van der Waals surface area contributed by atoms with Gasteiger partial charge in [-0.2, -0.15) is 0 Å². The minimum Gasteiger partial charge on any atom is -0.462 e. The Bertz CT molecular complexity index is 1370.